The standard InChI is InChI=1S/C16H20FNO4/c1-4-9-22-10-13(14(19)20)18-15(21)16(2,3)11-7-5-6-8-12(11)17/h4-8,13H,1,9-10H2,2-3H3,(H,18,21)(H,19,20). The normalized spacial score (nSPS) is 12.5. The fourth-order valence-corrected chi connectivity index (χ4v) is 1.87. The molecule has 1 aromatic rings. The summed E-state index contributed by atoms with van der Waals surface area (Å²) in [5.41, 5.74) is -1.01. The van der Waals surface area contributed by atoms with Gasteiger partial charge in [-0.2, -0.15) is 0 Å². The monoisotopic (exact) mass is 309 g/mol. The van der Waals surface area contributed by atoms with Crippen LogP contribution in [0.5, 0.6) is 0 Å². The van der Waals surface area contributed by atoms with Crippen LogP contribution in [0.15, 0.2) is 36.9 Å². The molecule has 0 aromatic heterocycles. The van der Waals surface area contributed by atoms with Crippen molar-refractivity contribution in [2.24, 2.45) is 0 Å². The summed E-state index contributed by atoms with van der Waals surface area (Å²) in [7, 11) is 0. The highest BCUT2D eigenvalue weighted by Gasteiger charge is 2.34. The molecule has 0 bridgehead atoms. The summed E-state index contributed by atoms with van der Waals surface area (Å²) in [6.07, 6.45) is 1.48. The van der Waals surface area contributed by atoms with Gasteiger partial charge in [-0.25, -0.2) is 9.18 Å². The number of hydrogen-bond acceptors (Lipinski definition) is 3. The van der Waals surface area contributed by atoms with Crippen molar-refractivity contribution in [2.45, 2.75) is 25.3 Å². The van der Waals surface area contributed by atoms with Gasteiger partial charge in [-0.3, -0.25) is 4.79 Å². The lowest BCUT2D eigenvalue weighted by Gasteiger charge is -2.26. The number of nitrogens with one attached hydrogen (secondary N) is 1. The number of ether oxygens (including phenoxy) is 1. The Morgan fingerprint density at radius 2 is 2.09 bits per heavy atom. The maximum atomic E-state index is 13.9. The van der Waals surface area contributed by atoms with E-state index in [0.29, 0.717) is 0 Å². The average Bonchev–Trinajstić information content (AvgIpc) is 2.46. The van der Waals surface area contributed by atoms with E-state index in [2.05, 4.69) is 11.9 Å². The molecule has 1 atom stereocenters. The van der Waals surface area contributed by atoms with Gasteiger partial charge in [0, 0.05) is 5.56 Å². The Morgan fingerprint density at radius 1 is 1.45 bits per heavy atom. The highest BCUT2D eigenvalue weighted by molar-refractivity contribution is 5.90. The Balaban J connectivity index is 2.86. The predicted octanol–water partition coefficient (Wildman–Crippen LogP) is 1.88. The lowest BCUT2D eigenvalue weighted by atomic mass is 9.83. The number of hydrogen-bond donors (Lipinski definition) is 2. The summed E-state index contributed by atoms with van der Waals surface area (Å²) in [6, 6.07) is 4.69. The molecule has 1 rings (SSSR count). The van der Waals surface area contributed by atoms with Crippen molar-refractivity contribution in [3.8, 4) is 0 Å². The minimum atomic E-state index is -1.22. The van der Waals surface area contributed by atoms with E-state index in [-0.39, 0.29) is 18.8 Å². The van der Waals surface area contributed by atoms with Crippen molar-refractivity contribution in [2.75, 3.05) is 13.2 Å². The van der Waals surface area contributed by atoms with Gasteiger partial charge in [0.25, 0.3) is 0 Å². The Kier molecular flexibility index (Phi) is 6.24. The fraction of sp³-hybridized carbons (Fsp3) is 0.375. The van der Waals surface area contributed by atoms with E-state index < -0.39 is 29.2 Å². The molecule has 22 heavy (non-hydrogen) atoms. The van der Waals surface area contributed by atoms with E-state index >= 15 is 0 Å². The van der Waals surface area contributed by atoms with Crippen molar-refractivity contribution in [1.29, 1.82) is 0 Å². The van der Waals surface area contributed by atoms with Crippen molar-refractivity contribution in [3.05, 3.63) is 48.3 Å². The summed E-state index contributed by atoms with van der Waals surface area (Å²) in [6.45, 7) is 6.50. The van der Waals surface area contributed by atoms with Gasteiger partial charge in [0.15, 0.2) is 6.04 Å². The van der Waals surface area contributed by atoms with Crippen LogP contribution >= 0.6 is 0 Å². The maximum Gasteiger partial charge on any atom is 0.328 e. The molecule has 5 nitrogen and oxygen atoms in total. The first kappa shape index (κ1) is 17.8. The number of rotatable bonds is 8. The smallest absolute Gasteiger partial charge is 0.328 e. The SMILES string of the molecule is C=CCOCC(NC(=O)C(C)(C)c1ccccc1F)C(=O)O. The summed E-state index contributed by atoms with van der Waals surface area (Å²) < 4.78 is 18.9. The van der Waals surface area contributed by atoms with Gasteiger partial charge >= 0.3 is 5.97 Å². The van der Waals surface area contributed by atoms with Gasteiger partial charge in [-0.1, -0.05) is 24.3 Å². The van der Waals surface area contributed by atoms with Crippen LogP contribution in [0.2, 0.25) is 0 Å². The number of halogens is 1. The number of carbonyl (C=O) groups excluding carboxylic acids is 1. The van der Waals surface area contributed by atoms with E-state index in [0.717, 1.165) is 0 Å². The summed E-state index contributed by atoms with van der Waals surface area (Å²) >= 11 is 0. The second-order valence-corrected chi connectivity index (χ2v) is 5.30. The zero-order valence-electron chi connectivity index (χ0n) is 12.6. The molecule has 0 spiro atoms. The van der Waals surface area contributed by atoms with E-state index in [1.807, 2.05) is 0 Å². The first-order chi connectivity index (χ1) is 10.3. The number of amides is 1. The van der Waals surface area contributed by atoms with Crippen LogP contribution in [0.1, 0.15) is 19.4 Å². The molecule has 0 saturated carbocycles. The molecular formula is C16H20FNO4. The van der Waals surface area contributed by atoms with E-state index in [4.69, 9.17) is 9.84 Å². The minimum absolute atomic E-state index is 0.177. The van der Waals surface area contributed by atoms with Crippen LogP contribution in [-0.4, -0.2) is 36.2 Å². The van der Waals surface area contributed by atoms with Crippen LogP contribution in [0.4, 0.5) is 4.39 Å². The van der Waals surface area contributed by atoms with Gasteiger partial charge in [-0.05, 0) is 19.9 Å². The molecule has 1 amide bonds. The van der Waals surface area contributed by atoms with Crippen LogP contribution in [0.25, 0.3) is 0 Å². The van der Waals surface area contributed by atoms with Crippen molar-refractivity contribution in [3.63, 3.8) is 0 Å². The van der Waals surface area contributed by atoms with Crippen LogP contribution in [0, 0.1) is 5.82 Å². The molecule has 6 heteroatoms. The number of carbonyl (C=O) groups is 2. The molecule has 2 N–H and O–H groups in total. The van der Waals surface area contributed by atoms with E-state index in [1.54, 1.807) is 6.07 Å². The lowest BCUT2D eigenvalue weighted by Crippen LogP contribution is -2.50. The van der Waals surface area contributed by atoms with Gasteiger partial charge < -0.3 is 15.2 Å². The molecule has 0 aliphatic rings. The van der Waals surface area contributed by atoms with Crippen LogP contribution in [0.3, 0.4) is 0 Å². The lowest BCUT2D eigenvalue weighted by molar-refractivity contribution is -0.144. The predicted molar refractivity (Wildman–Crippen MR) is 80.0 cm³/mol. The van der Waals surface area contributed by atoms with Crippen molar-refractivity contribution in [1.82, 2.24) is 5.32 Å². The van der Waals surface area contributed by atoms with Crippen LogP contribution < -0.4 is 5.32 Å². The number of benzene rings is 1. The zero-order valence-corrected chi connectivity index (χ0v) is 12.6. The molecule has 0 fully saturated rings. The number of aliphatic carboxylic acids is 1. The fourth-order valence-electron chi connectivity index (χ4n) is 1.87. The second-order valence-electron chi connectivity index (χ2n) is 5.30. The zero-order chi connectivity index (χ0) is 16.8. The molecule has 0 radical (unpaired) electrons. The van der Waals surface area contributed by atoms with E-state index in [9.17, 15) is 14.0 Å². The maximum absolute atomic E-state index is 13.9. The first-order valence-electron chi connectivity index (χ1n) is 6.78. The Labute approximate surface area is 128 Å². The van der Waals surface area contributed by atoms with Crippen molar-refractivity contribution >= 4 is 11.9 Å². The molecular weight excluding hydrogens is 289 g/mol. The van der Waals surface area contributed by atoms with Gasteiger partial charge in [0.05, 0.1) is 18.6 Å². The topological polar surface area (TPSA) is 75.6 Å². The number of carboxylic acid groups (broad SMARTS) is 1. The summed E-state index contributed by atoms with van der Waals surface area (Å²) in [5.74, 6) is -2.33. The third-order valence-corrected chi connectivity index (χ3v) is 3.24. The Hall–Kier alpha value is -2.21. The largest absolute Gasteiger partial charge is 0.480 e. The quantitative estimate of drug-likeness (QED) is 0.568. The molecule has 1 unspecified atom stereocenters. The Morgan fingerprint density at radius 3 is 2.64 bits per heavy atom. The van der Waals surface area contributed by atoms with Crippen LogP contribution in [-0.2, 0) is 19.7 Å². The second kappa shape index (κ2) is 7.70. The molecule has 0 heterocycles. The molecule has 1 aromatic carbocycles. The third kappa shape index (κ3) is 4.39. The highest BCUT2D eigenvalue weighted by atomic mass is 19.1. The Bertz CT molecular complexity index is 557. The van der Waals surface area contributed by atoms with E-state index in [1.165, 1.54) is 38.1 Å². The average molecular weight is 309 g/mol. The van der Waals surface area contributed by atoms with Gasteiger partial charge in [0.2, 0.25) is 5.91 Å². The molecule has 0 aliphatic heterocycles. The summed E-state index contributed by atoms with van der Waals surface area (Å²) in [5, 5.41) is 11.5. The molecule has 120 valence electrons. The third-order valence-electron chi connectivity index (χ3n) is 3.24. The van der Waals surface area contributed by atoms with Gasteiger partial charge in [-0.15, -0.1) is 6.58 Å². The van der Waals surface area contributed by atoms with Gasteiger partial charge in [0.1, 0.15) is 5.82 Å². The minimum Gasteiger partial charge on any atom is -0.480 e. The summed E-state index contributed by atoms with van der Waals surface area (Å²) in [4.78, 5) is 23.5. The molecule has 0 saturated heterocycles. The first-order valence-corrected chi connectivity index (χ1v) is 6.78. The number of carboxylic acids is 1. The van der Waals surface area contributed by atoms with Crippen molar-refractivity contribution < 1.29 is 23.8 Å². The highest BCUT2D eigenvalue weighted by Crippen LogP contribution is 2.26. The molecule has 0 aliphatic carbocycles.